The van der Waals surface area contributed by atoms with Gasteiger partial charge in [0.25, 0.3) is 5.91 Å². The molecule has 188 valence electrons. The first-order valence-electron chi connectivity index (χ1n) is 10.7. The van der Waals surface area contributed by atoms with Gasteiger partial charge >= 0.3 is 6.18 Å². The van der Waals surface area contributed by atoms with Crippen LogP contribution in [-0.2, 0) is 30.5 Å². The Hall–Kier alpha value is -2.78. The van der Waals surface area contributed by atoms with Crippen molar-refractivity contribution in [3.05, 3.63) is 97.5 Å². The highest BCUT2D eigenvalue weighted by Crippen LogP contribution is 2.34. The molecule has 3 aromatic carbocycles. The van der Waals surface area contributed by atoms with Crippen molar-refractivity contribution < 1.29 is 22.8 Å². The molecular formula is C25H19Cl3F3N3O2. The highest BCUT2D eigenvalue weighted by Gasteiger charge is 2.35. The molecule has 0 aromatic heterocycles. The van der Waals surface area contributed by atoms with Crippen molar-refractivity contribution in [2.45, 2.75) is 31.7 Å². The number of carbonyl (C=O) groups excluding carboxylic acids is 2. The molecule has 0 aliphatic carbocycles. The van der Waals surface area contributed by atoms with E-state index in [0.29, 0.717) is 27.8 Å². The molecule has 0 radical (unpaired) electrons. The van der Waals surface area contributed by atoms with Crippen molar-refractivity contribution in [3.63, 3.8) is 0 Å². The molecule has 0 fully saturated rings. The lowest BCUT2D eigenvalue weighted by molar-refractivity contribution is -0.138. The van der Waals surface area contributed by atoms with E-state index >= 15 is 0 Å². The summed E-state index contributed by atoms with van der Waals surface area (Å²) in [6.07, 6.45) is -4.49. The second-order valence-corrected chi connectivity index (χ2v) is 9.65. The molecule has 0 spiro atoms. The molecule has 3 aromatic rings. The number of anilines is 1. The van der Waals surface area contributed by atoms with E-state index in [2.05, 4.69) is 5.32 Å². The molecule has 4 rings (SSSR count). The van der Waals surface area contributed by atoms with Crippen LogP contribution in [0.15, 0.2) is 54.6 Å². The molecule has 1 aliphatic rings. The topological polar surface area (TPSA) is 75.4 Å². The van der Waals surface area contributed by atoms with Crippen LogP contribution >= 0.6 is 34.8 Å². The number of nitrogens with zero attached hydrogens (tertiary/aromatic N) is 1. The zero-order valence-electron chi connectivity index (χ0n) is 18.5. The number of amides is 2. The number of carbonyl (C=O) groups is 2. The largest absolute Gasteiger partial charge is 0.417 e. The quantitative estimate of drug-likeness (QED) is 0.386. The average molecular weight is 557 g/mol. The minimum absolute atomic E-state index is 0.00693. The summed E-state index contributed by atoms with van der Waals surface area (Å²) in [5, 5.41) is 3.39. The SMILES string of the molecule is N[C@H](Cc1ccc(Cl)cc1Cl)C(=O)N1Cc2ccc(NC(=O)c3cc(Cl)ccc3C(F)(F)F)cc2C1. The Balaban J connectivity index is 1.45. The van der Waals surface area contributed by atoms with Gasteiger partial charge in [-0.2, -0.15) is 13.2 Å². The lowest BCUT2D eigenvalue weighted by Gasteiger charge is -2.20. The maximum absolute atomic E-state index is 13.3. The maximum Gasteiger partial charge on any atom is 0.417 e. The summed E-state index contributed by atoms with van der Waals surface area (Å²) in [5.74, 6) is -1.23. The van der Waals surface area contributed by atoms with Gasteiger partial charge in [0.05, 0.1) is 17.2 Å². The third-order valence-electron chi connectivity index (χ3n) is 5.80. The van der Waals surface area contributed by atoms with Crippen LogP contribution in [0.4, 0.5) is 18.9 Å². The molecule has 0 bridgehead atoms. The minimum atomic E-state index is -4.72. The zero-order valence-corrected chi connectivity index (χ0v) is 20.8. The number of benzene rings is 3. The molecule has 0 saturated heterocycles. The van der Waals surface area contributed by atoms with Crippen LogP contribution in [0.5, 0.6) is 0 Å². The van der Waals surface area contributed by atoms with Crippen LogP contribution in [0, 0.1) is 0 Å². The van der Waals surface area contributed by atoms with Gasteiger partial charge < -0.3 is 16.0 Å². The molecular weight excluding hydrogens is 538 g/mol. The molecule has 1 atom stereocenters. The van der Waals surface area contributed by atoms with Crippen LogP contribution in [-0.4, -0.2) is 22.8 Å². The van der Waals surface area contributed by atoms with E-state index in [-0.39, 0.29) is 23.9 Å². The van der Waals surface area contributed by atoms with Gasteiger partial charge in [-0.25, -0.2) is 0 Å². The van der Waals surface area contributed by atoms with Gasteiger partial charge in [0.1, 0.15) is 0 Å². The summed E-state index contributed by atoms with van der Waals surface area (Å²) in [6.45, 7) is 0.557. The lowest BCUT2D eigenvalue weighted by Crippen LogP contribution is -2.42. The van der Waals surface area contributed by atoms with E-state index in [1.165, 1.54) is 0 Å². The number of fused-ring (bicyclic) bond motifs is 1. The predicted octanol–water partition coefficient (Wildman–Crippen LogP) is 6.33. The zero-order chi connectivity index (χ0) is 26.2. The lowest BCUT2D eigenvalue weighted by atomic mass is 10.1. The Kier molecular flexibility index (Phi) is 7.52. The first-order chi connectivity index (χ1) is 16.9. The second-order valence-electron chi connectivity index (χ2n) is 8.37. The monoisotopic (exact) mass is 555 g/mol. The van der Waals surface area contributed by atoms with Crippen LogP contribution in [0.3, 0.4) is 0 Å². The van der Waals surface area contributed by atoms with Gasteiger partial charge in [-0.1, -0.05) is 46.9 Å². The van der Waals surface area contributed by atoms with Crippen molar-refractivity contribution in [3.8, 4) is 0 Å². The van der Waals surface area contributed by atoms with Crippen molar-refractivity contribution in [1.29, 1.82) is 0 Å². The van der Waals surface area contributed by atoms with Crippen LogP contribution in [0.2, 0.25) is 15.1 Å². The van der Waals surface area contributed by atoms with E-state index < -0.39 is 29.3 Å². The highest BCUT2D eigenvalue weighted by atomic mass is 35.5. The average Bonchev–Trinajstić information content (AvgIpc) is 3.22. The van der Waals surface area contributed by atoms with Crippen LogP contribution < -0.4 is 11.1 Å². The minimum Gasteiger partial charge on any atom is -0.333 e. The van der Waals surface area contributed by atoms with E-state index in [0.717, 1.165) is 29.3 Å². The second kappa shape index (κ2) is 10.3. The summed E-state index contributed by atoms with van der Waals surface area (Å²) in [7, 11) is 0. The third-order valence-corrected chi connectivity index (χ3v) is 6.62. The smallest absolute Gasteiger partial charge is 0.333 e. The Bertz CT molecular complexity index is 1350. The molecule has 3 N–H and O–H groups in total. The van der Waals surface area contributed by atoms with Gasteiger partial charge in [-0.15, -0.1) is 0 Å². The first-order valence-corrected chi connectivity index (χ1v) is 11.8. The summed E-state index contributed by atoms with van der Waals surface area (Å²) in [4.78, 5) is 27.2. The number of hydrogen-bond donors (Lipinski definition) is 2. The Morgan fingerprint density at radius 3 is 2.31 bits per heavy atom. The number of hydrogen-bond acceptors (Lipinski definition) is 3. The fourth-order valence-corrected chi connectivity index (χ4v) is 4.68. The summed E-state index contributed by atoms with van der Waals surface area (Å²) < 4.78 is 40.0. The summed E-state index contributed by atoms with van der Waals surface area (Å²) in [6, 6.07) is 11.9. The number of nitrogens with two attached hydrogens (primary N) is 1. The van der Waals surface area contributed by atoms with Gasteiger partial charge in [-0.3, -0.25) is 9.59 Å². The standard InChI is InChI=1S/C25H19Cl3F3N3O2/c26-16-4-6-20(25(29,30)31)19(9-16)23(35)33-18-5-2-14-11-34(12-15(14)7-18)24(36)22(32)8-13-1-3-17(27)10-21(13)28/h1-7,9-10,22H,8,11-12,32H2,(H,33,35)/t22-/m1/s1. The van der Waals surface area contributed by atoms with Gasteiger partial charge in [0.2, 0.25) is 5.91 Å². The summed E-state index contributed by atoms with van der Waals surface area (Å²) in [5.41, 5.74) is 7.06. The van der Waals surface area contributed by atoms with Crippen LogP contribution in [0.1, 0.15) is 32.6 Å². The molecule has 1 aliphatic heterocycles. The normalized spacial score (nSPS) is 13.9. The number of rotatable bonds is 5. The first kappa shape index (κ1) is 26.3. The molecule has 0 saturated carbocycles. The molecule has 11 heteroatoms. The highest BCUT2D eigenvalue weighted by molar-refractivity contribution is 6.35. The molecule has 5 nitrogen and oxygen atoms in total. The Morgan fingerprint density at radius 1 is 0.944 bits per heavy atom. The molecule has 0 unspecified atom stereocenters. The van der Waals surface area contributed by atoms with Crippen molar-refractivity contribution >= 4 is 52.3 Å². The van der Waals surface area contributed by atoms with E-state index in [1.807, 2.05) is 0 Å². The maximum atomic E-state index is 13.3. The van der Waals surface area contributed by atoms with Gasteiger partial charge in [-0.05, 0) is 65.6 Å². The van der Waals surface area contributed by atoms with E-state index in [9.17, 15) is 22.8 Å². The number of alkyl halides is 3. The predicted molar refractivity (Wildman–Crippen MR) is 133 cm³/mol. The number of halogens is 6. The Morgan fingerprint density at radius 2 is 1.61 bits per heavy atom. The molecule has 2 amide bonds. The van der Waals surface area contributed by atoms with E-state index in [4.69, 9.17) is 40.5 Å². The van der Waals surface area contributed by atoms with Crippen molar-refractivity contribution in [2.75, 3.05) is 5.32 Å². The summed E-state index contributed by atoms with van der Waals surface area (Å²) >= 11 is 17.9. The fourth-order valence-electron chi connectivity index (χ4n) is 4.02. The van der Waals surface area contributed by atoms with Crippen molar-refractivity contribution in [1.82, 2.24) is 4.90 Å². The molecule has 1 heterocycles. The third kappa shape index (κ3) is 5.78. The van der Waals surface area contributed by atoms with Crippen LogP contribution in [0.25, 0.3) is 0 Å². The van der Waals surface area contributed by atoms with E-state index in [1.54, 1.807) is 41.3 Å². The Labute approximate surface area is 219 Å². The van der Waals surface area contributed by atoms with Gasteiger partial charge in [0, 0.05) is 33.8 Å². The van der Waals surface area contributed by atoms with Gasteiger partial charge in [0.15, 0.2) is 0 Å². The number of nitrogens with one attached hydrogen (secondary N) is 1. The fraction of sp³-hybridized carbons (Fsp3) is 0.200. The molecule has 36 heavy (non-hydrogen) atoms. The van der Waals surface area contributed by atoms with Crippen molar-refractivity contribution in [2.24, 2.45) is 5.73 Å².